The lowest BCUT2D eigenvalue weighted by Gasteiger charge is -2.36. The number of amides is 1. The molecule has 0 aliphatic carbocycles. The number of pyridine rings is 1. The standard InChI is InChI=1S/C27H31N3O2/c1-32-24-11-7-10-22(18-24)20-30-16-13-23(14-17-30)27(25-12-5-6-15-28-25)29-26(31)19-21-8-3-2-4-9-21/h2-12,15,18,23,27H,13-14,16-17,19-20H2,1H3,(H,29,31)/t27-/m0/s1. The van der Waals surface area contributed by atoms with Crippen LogP contribution in [-0.2, 0) is 17.8 Å². The molecule has 0 unspecified atom stereocenters. The molecule has 0 saturated carbocycles. The number of piperidine rings is 1. The molecule has 1 atom stereocenters. The molecule has 0 radical (unpaired) electrons. The van der Waals surface area contributed by atoms with Crippen LogP contribution in [0.25, 0.3) is 0 Å². The molecule has 1 aromatic heterocycles. The molecule has 4 rings (SSSR count). The van der Waals surface area contributed by atoms with Crippen LogP contribution in [0.5, 0.6) is 5.75 Å². The Hall–Kier alpha value is -3.18. The Bertz CT molecular complexity index is 986. The van der Waals surface area contributed by atoms with E-state index in [2.05, 4.69) is 27.3 Å². The van der Waals surface area contributed by atoms with E-state index in [0.717, 1.165) is 49.5 Å². The average molecular weight is 430 g/mol. The summed E-state index contributed by atoms with van der Waals surface area (Å²) in [6.07, 6.45) is 4.25. The molecule has 5 heteroatoms. The summed E-state index contributed by atoms with van der Waals surface area (Å²) in [6.45, 7) is 2.91. The van der Waals surface area contributed by atoms with Gasteiger partial charge in [-0.25, -0.2) is 0 Å². The SMILES string of the molecule is COc1cccc(CN2CCC([C@H](NC(=O)Cc3ccccc3)c3ccccn3)CC2)c1. The minimum Gasteiger partial charge on any atom is -0.497 e. The van der Waals surface area contributed by atoms with E-state index >= 15 is 0 Å². The first-order chi connectivity index (χ1) is 15.7. The molecule has 1 amide bonds. The van der Waals surface area contributed by atoms with Crippen LogP contribution in [0.2, 0.25) is 0 Å². The number of hydrogen-bond acceptors (Lipinski definition) is 4. The Balaban J connectivity index is 1.39. The number of rotatable bonds is 8. The molecule has 2 heterocycles. The van der Waals surface area contributed by atoms with Gasteiger partial charge in [-0.2, -0.15) is 0 Å². The van der Waals surface area contributed by atoms with Crippen molar-refractivity contribution in [1.82, 2.24) is 15.2 Å². The summed E-state index contributed by atoms with van der Waals surface area (Å²) in [4.78, 5) is 19.9. The van der Waals surface area contributed by atoms with E-state index in [4.69, 9.17) is 4.74 Å². The van der Waals surface area contributed by atoms with Crippen molar-refractivity contribution in [2.45, 2.75) is 31.8 Å². The summed E-state index contributed by atoms with van der Waals surface area (Å²) in [5.74, 6) is 1.31. The Morgan fingerprint density at radius 1 is 1.03 bits per heavy atom. The fraction of sp³-hybridized carbons (Fsp3) is 0.333. The van der Waals surface area contributed by atoms with Crippen molar-refractivity contribution in [2.75, 3.05) is 20.2 Å². The highest BCUT2D eigenvalue weighted by Crippen LogP contribution is 2.31. The average Bonchev–Trinajstić information content (AvgIpc) is 2.84. The molecule has 32 heavy (non-hydrogen) atoms. The molecule has 1 aliphatic heterocycles. The lowest BCUT2D eigenvalue weighted by Crippen LogP contribution is -2.41. The van der Waals surface area contributed by atoms with Crippen molar-refractivity contribution in [2.24, 2.45) is 5.92 Å². The number of hydrogen-bond donors (Lipinski definition) is 1. The van der Waals surface area contributed by atoms with Gasteiger partial charge in [0, 0.05) is 12.7 Å². The Kier molecular flexibility index (Phi) is 7.51. The largest absolute Gasteiger partial charge is 0.497 e. The Labute approximate surface area is 190 Å². The van der Waals surface area contributed by atoms with Crippen molar-refractivity contribution >= 4 is 5.91 Å². The smallest absolute Gasteiger partial charge is 0.224 e. The minimum absolute atomic E-state index is 0.0469. The lowest BCUT2D eigenvalue weighted by atomic mass is 9.87. The van der Waals surface area contributed by atoms with E-state index in [9.17, 15) is 4.79 Å². The summed E-state index contributed by atoms with van der Waals surface area (Å²) < 4.78 is 5.36. The summed E-state index contributed by atoms with van der Waals surface area (Å²) in [5.41, 5.74) is 3.23. The number of benzene rings is 2. The Morgan fingerprint density at radius 3 is 2.50 bits per heavy atom. The van der Waals surface area contributed by atoms with Gasteiger partial charge in [0.2, 0.25) is 5.91 Å². The molecular weight excluding hydrogens is 398 g/mol. The molecule has 1 N–H and O–H groups in total. The first-order valence-corrected chi connectivity index (χ1v) is 11.3. The molecule has 5 nitrogen and oxygen atoms in total. The zero-order chi connectivity index (χ0) is 22.2. The zero-order valence-corrected chi connectivity index (χ0v) is 18.6. The molecule has 3 aromatic rings. The summed E-state index contributed by atoms with van der Waals surface area (Å²) in [5, 5.41) is 3.29. The maximum atomic E-state index is 12.8. The van der Waals surface area contributed by atoms with Gasteiger partial charge in [-0.05, 0) is 67.2 Å². The predicted molar refractivity (Wildman–Crippen MR) is 126 cm³/mol. The van der Waals surface area contributed by atoms with Crippen LogP contribution < -0.4 is 10.1 Å². The van der Waals surface area contributed by atoms with Crippen molar-refractivity contribution in [3.05, 3.63) is 95.8 Å². The number of likely N-dealkylation sites (tertiary alicyclic amines) is 1. The normalized spacial score (nSPS) is 15.8. The van der Waals surface area contributed by atoms with E-state index in [1.807, 2.05) is 66.9 Å². The lowest BCUT2D eigenvalue weighted by molar-refractivity contribution is -0.121. The number of nitrogens with one attached hydrogen (secondary N) is 1. The van der Waals surface area contributed by atoms with Crippen molar-refractivity contribution in [3.8, 4) is 5.75 Å². The van der Waals surface area contributed by atoms with Gasteiger partial charge in [-0.3, -0.25) is 14.7 Å². The second-order valence-corrected chi connectivity index (χ2v) is 8.43. The number of carbonyl (C=O) groups is 1. The fourth-order valence-electron chi connectivity index (χ4n) is 4.47. The number of aromatic nitrogens is 1. The molecule has 1 saturated heterocycles. The highest BCUT2D eigenvalue weighted by Gasteiger charge is 2.29. The van der Waals surface area contributed by atoms with Crippen molar-refractivity contribution in [1.29, 1.82) is 0 Å². The van der Waals surface area contributed by atoms with E-state index < -0.39 is 0 Å². The molecule has 0 spiro atoms. The van der Waals surface area contributed by atoms with Crippen LogP contribution in [0.15, 0.2) is 79.0 Å². The Morgan fingerprint density at radius 2 is 1.78 bits per heavy atom. The van der Waals surface area contributed by atoms with Crippen LogP contribution >= 0.6 is 0 Å². The summed E-state index contributed by atoms with van der Waals surface area (Å²) in [6, 6.07) is 24.0. The van der Waals surface area contributed by atoms with Gasteiger partial charge in [0.15, 0.2) is 0 Å². The monoisotopic (exact) mass is 429 g/mol. The number of nitrogens with zero attached hydrogens (tertiary/aromatic N) is 2. The van der Waals surface area contributed by atoms with Gasteiger partial charge >= 0.3 is 0 Å². The topological polar surface area (TPSA) is 54.5 Å². The molecular formula is C27H31N3O2. The molecule has 1 fully saturated rings. The van der Waals surface area contributed by atoms with Gasteiger partial charge in [0.05, 0.1) is 25.3 Å². The van der Waals surface area contributed by atoms with Crippen LogP contribution in [0, 0.1) is 5.92 Å². The first-order valence-electron chi connectivity index (χ1n) is 11.3. The van der Waals surface area contributed by atoms with E-state index in [1.54, 1.807) is 7.11 Å². The van der Waals surface area contributed by atoms with Crippen molar-refractivity contribution in [3.63, 3.8) is 0 Å². The highest BCUT2D eigenvalue weighted by atomic mass is 16.5. The summed E-state index contributed by atoms with van der Waals surface area (Å²) >= 11 is 0. The second-order valence-electron chi connectivity index (χ2n) is 8.43. The molecule has 2 aromatic carbocycles. The van der Waals surface area contributed by atoms with Gasteiger partial charge < -0.3 is 10.1 Å². The third-order valence-corrected chi connectivity index (χ3v) is 6.17. The number of ether oxygens (including phenoxy) is 1. The maximum absolute atomic E-state index is 12.8. The fourth-order valence-corrected chi connectivity index (χ4v) is 4.47. The number of methoxy groups -OCH3 is 1. The third kappa shape index (κ3) is 5.95. The minimum atomic E-state index is -0.0635. The first kappa shape index (κ1) is 22.0. The zero-order valence-electron chi connectivity index (χ0n) is 18.6. The quantitative estimate of drug-likeness (QED) is 0.577. The number of carbonyl (C=O) groups excluding carboxylic acids is 1. The highest BCUT2D eigenvalue weighted by molar-refractivity contribution is 5.79. The van der Waals surface area contributed by atoms with Gasteiger partial charge in [-0.1, -0.05) is 48.5 Å². The second kappa shape index (κ2) is 10.9. The van der Waals surface area contributed by atoms with E-state index in [0.29, 0.717) is 12.3 Å². The van der Waals surface area contributed by atoms with Crippen LogP contribution in [0.3, 0.4) is 0 Å². The van der Waals surface area contributed by atoms with E-state index in [-0.39, 0.29) is 11.9 Å². The van der Waals surface area contributed by atoms with E-state index in [1.165, 1.54) is 5.56 Å². The van der Waals surface area contributed by atoms with Crippen molar-refractivity contribution < 1.29 is 9.53 Å². The summed E-state index contributed by atoms with van der Waals surface area (Å²) in [7, 11) is 1.70. The molecule has 166 valence electrons. The third-order valence-electron chi connectivity index (χ3n) is 6.17. The van der Waals surface area contributed by atoms with Crippen LogP contribution in [-0.4, -0.2) is 36.0 Å². The van der Waals surface area contributed by atoms with Crippen LogP contribution in [0.4, 0.5) is 0 Å². The van der Waals surface area contributed by atoms with Gasteiger partial charge in [-0.15, -0.1) is 0 Å². The van der Waals surface area contributed by atoms with Gasteiger partial charge in [0.25, 0.3) is 0 Å². The van der Waals surface area contributed by atoms with Crippen LogP contribution in [0.1, 0.15) is 35.7 Å². The molecule has 0 bridgehead atoms. The predicted octanol–water partition coefficient (Wildman–Crippen LogP) is 4.40. The maximum Gasteiger partial charge on any atom is 0.224 e. The van der Waals surface area contributed by atoms with Gasteiger partial charge in [0.1, 0.15) is 5.75 Å². The molecule has 1 aliphatic rings.